The van der Waals surface area contributed by atoms with Crippen LogP contribution in [0.25, 0.3) is 11.3 Å². The maximum Gasteiger partial charge on any atom is 0.222 e. The highest BCUT2D eigenvalue weighted by atomic mass is 16.7. The normalized spacial score (nSPS) is 17.4. The molecule has 1 fully saturated rings. The molecule has 0 aliphatic carbocycles. The Morgan fingerprint density at radius 2 is 1.96 bits per heavy atom. The smallest absolute Gasteiger partial charge is 0.222 e. The highest BCUT2D eigenvalue weighted by Gasteiger charge is 2.16. The first-order valence-electron chi connectivity index (χ1n) is 7.39. The van der Waals surface area contributed by atoms with Gasteiger partial charge in [-0.1, -0.05) is 0 Å². The summed E-state index contributed by atoms with van der Waals surface area (Å²) in [7, 11) is 0. The number of nitrogen functional groups attached to an aromatic ring is 2. The highest BCUT2D eigenvalue weighted by Crippen LogP contribution is 2.27. The number of nitrogens with two attached hydrogens (primary N) is 2. The number of hydrogen-bond acceptors (Lipinski definition) is 7. The zero-order valence-electron chi connectivity index (χ0n) is 12.5. The number of hydrogen-bond donors (Lipinski definition) is 2. The third-order valence-corrected chi connectivity index (χ3v) is 3.60. The van der Waals surface area contributed by atoms with Crippen LogP contribution in [0, 0.1) is 11.3 Å². The van der Waals surface area contributed by atoms with E-state index in [-0.39, 0.29) is 23.6 Å². The van der Waals surface area contributed by atoms with Gasteiger partial charge >= 0.3 is 0 Å². The summed E-state index contributed by atoms with van der Waals surface area (Å²) < 4.78 is 11.3. The molecule has 0 radical (unpaired) electrons. The summed E-state index contributed by atoms with van der Waals surface area (Å²) in [5.74, 6) is 0.813. The minimum absolute atomic E-state index is 0.0347. The van der Waals surface area contributed by atoms with E-state index < -0.39 is 0 Å². The van der Waals surface area contributed by atoms with Crippen molar-refractivity contribution in [1.82, 2.24) is 9.97 Å². The van der Waals surface area contributed by atoms with Crippen molar-refractivity contribution in [3.05, 3.63) is 29.8 Å². The molecule has 1 saturated heterocycles. The van der Waals surface area contributed by atoms with Crippen LogP contribution >= 0.6 is 0 Å². The van der Waals surface area contributed by atoms with Crippen LogP contribution in [0.4, 0.5) is 11.8 Å². The molecule has 4 N–H and O–H groups in total. The molecule has 1 aliphatic heterocycles. The molecular weight excluding hydrogens is 294 g/mol. The summed E-state index contributed by atoms with van der Waals surface area (Å²) in [4.78, 5) is 7.93. The fraction of sp³-hybridized carbons (Fsp3) is 0.312. The molecule has 0 saturated carbocycles. The molecule has 23 heavy (non-hydrogen) atoms. The molecule has 1 aromatic carbocycles. The average molecular weight is 311 g/mol. The summed E-state index contributed by atoms with van der Waals surface area (Å²) >= 11 is 0. The van der Waals surface area contributed by atoms with Crippen molar-refractivity contribution in [1.29, 1.82) is 5.26 Å². The molecule has 1 aromatic heterocycles. The zero-order chi connectivity index (χ0) is 16.2. The largest absolute Gasteiger partial charge is 0.465 e. The lowest BCUT2D eigenvalue weighted by Crippen LogP contribution is -2.24. The minimum atomic E-state index is -0.199. The standard InChI is InChI=1S/C16H17N5O2/c17-9-12-14(20-16(19)21-15(12)18)10-4-6-11(7-5-10)23-13-3-1-2-8-22-13/h4-7,13H,1-3,8H2,(H4,18,19,20,21). The lowest BCUT2D eigenvalue weighted by atomic mass is 10.1. The van der Waals surface area contributed by atoms with Crippen LogP contribution in [0.1, 0.15) is 24.8 Å². The maximum atomic E-state index is 9.23. The second kappa shape index (κ2) is 6.50. The first-order valence-corrected chi connectivity index (χ1v) is 7.39. The lowest BCUT2D eigenvalue weighted by molar-refractivity contribution is -0.105. The lowest BCUT2D eigenvalue weighted by Gasteiger charge is -2.23. The molecule has 0 spiro atoms. The monoisotopic (exact) mass is 311 g/mol. The molecular formula is C16H17N5O2. The van der Waals surface area contributed by atoms with Crippen molar-refractivity contribution in [2.45, 2.75) is 25.6 Å². The molecule has 3 rings (SSSR count). The van der Waals surface area contributed by atoms with Gasteiger partial charge in [-0.05, 0) is 37.1 Å². The van der Waals surface area contributed by atoms with E-state index in [1.807, 2.05) is 18.2 Å². The molecule has 1 unspecified atom stereocenters. The predicted octanol–water partition coefficient (Wildman–Crippen LogP) is 2.09. The van der Waals surface area contributed by atoms with Crippen LogP contribution < -0.4 is 16.2 Å². The summed E-state index contributed by atoms with van der Waals surface area (Å²) in [6, 6.07) is 9.24. The van der Waals surface area contributed by atoms with Crippen molar-refractivity contribution in [2.24, 2.45) is 0 Å². The van der Waals surface area contributed by atoms with E-state index in [1.165, 1.54) is 0 Å². The Hall–Kier alpha value is -2.85. The fourth-order valence-corrected chi connectivity index (χ4v) is 2.46. The second-order valence-electron chi connectivity index (χ2n) is 5.24. The average Bonchev–Trinajstić information content (AvgIpc) is 2.56. The van der Waals surface area contributed by atoms with Gasteiger partial charge in [0.15, 0.2) is 6.29 Å². The molecule has 1 atom stereocenters. The molecule has 2 heterocycles. The number of ether oxygens (including phenoxy) is 2. The Morgan fingerprint density at radius 1 is 1.17 bits per heavy atom. The quantitative estimate of drug-likeness (QED) is 0.890. The van der Waals surface area contributed by atoms with Crippen molar-refractivity contribution in [3.63, 3.8) is 0 Å². The van der Waals surface area contributed by atoms with Crippen molar-refractivity contribution >= 4 is 11.8 Å². The van der Waals surface area contributed by atoms with Crippen LogP contribution in [0.5, 0.6) is 5.75 Å². The van der Waals surface area contributed by atoms with Gasteiger partial charge in [0.1, 0.15) is 23.2 Å². The number of anilines is 2. The minimum Gasteiger partial charge on any atom is -0.465 e. The van der Waals surface area contributed by atoms with Crippen molar-refractivity contribution < 1.29 is 9.47 Å². The van der Waals surface area contributed by atoms with Gasteiger partial charge in [0.05, 0.1) is 12.3 Å². The molecule has 0 bridgehead atoms. The molecule has 7 nitrogen and oxygen atoms in total. The SMILES string of the molecule is N#Cc1c(N)nc(N)nc1-c1ccc(OC2CCCCO2)cc1. The molecule has 1 aliphatic rings. The number of nitriles is 1. The Kier molecular flexibility index (Phi) is 4.26. The van der Waals surface area contributed by atoms with Gasteiger partial charge in [0, 0.05) is 12.0 Å². The van der Waals surface area contributed by atoms with E-state index >= 15 is 0 Å². The van der Waals surface area contributed by atoms with E-state index in [9.17, 15) is 5.26 Å². The summed E-state index contributed by atoms with van der Waals surface area (Å²) in [6.45, 7) is 0.730. The third-order valence-electron chi connectivity index (χ3n) is 3.60. The molecule has 0 amide bonds. The van der Waals surface area contributed by atoms with Crippen molar-refractivity contribution in [2.75, 3.05) is 18.1 Å². The van der Waals surface area contributed by atoms with Crippen molar-refractivity contribution in [3.8, 4) is 23.1 Å². The topological polar surface area (TPSA) is 120 Å². The second-order valence-corrected chi connectivity index (χ2v) is 5.24. The third kappa shape index (κ3) is 3.33. The molecule has 2 aromatic rings. The van der Waals surface area contributed by atoms with Crippen LogP contribution in [0.2, 0.25) is 0 Å². The van der Waals surface area contributed by atoms with Crippen LogP contribution in [0.3, 0.4) is 0 Å². The van der Waals surface area contributed by atoms with E-state index in [0.717, 1.165) is 31.4 Å². The number of rotatable bonds is 3. The number of aromatic nitrogens is 2. The maximum absolute atomic E-state index is 9.23. The summed E-state index contributed by atoms with van der Waals surface area (Å²) in [6.07, 6.45) is 2.87. The van der Waals surface area contributed by atoms with Gasteiger partial charge in [0.2, 0.25) is 5.95 Å². The van der Waals surface area contributed by atoms with E-state index in [2.05, 4.69) is 9.97 Å². The van der Waals surface area contributed by atoms with Crippen LogP contribution in [0.15, 0.2) is 24.3 Å². The fourth-order valence-electron chi connectivity index (χ4n) is 2.46. The van der Waals surface area contributed by atoms with E-state index in [1.54, 1.807) is 12.1 Å². The predicted molar refractivity (Wildman–Crippen MR) is 85.2 cm³/mol. The van der Waals surface area contributed by atoms with E-state index in [4.69, 9.17) is 20.9 Å². The first kappa shape index (κ1) is 15.1. The van der Waals surface area contributed by atoms with E-state index in [0.29, 0.717) is 11.4 Å². The van der Waals surface area contributed by atoms with Gasteiger partial charge in [-0.2, -0.15) is 10.2 Å². The Morgan fingerprint density at radius 3 is 2.61 bits per heavy atom. The van der Waals surface area contributed by atoms with Crippen LogP contribution in [-0.2, 0) is 4.74 Å². The molecule has 118 valence electrons. The Bertz CT molecular complexity index is 733. The van der Waals surface area contributed by atoms with Gasteiger partial charge in [-0.15, -0.1) is 0 Å². The van der Waals surface area contributed by atoms with Crippen LogP contribution in [-0.4, -0.2) is 22.9 Å². The van der Waals surface area contributed by atoms with Gasteiger partial charge in [-0.25, -0.2) is 4.98 Å². The zero-order valence-corrected chi connectivity index (χ0v) is 12.5. The van der Waals surface area contributed by atoms with Gasteiger partial charge in [-0.3, -0.25) is 0 Å². The number of benzene rings is 1. The summed E-state index contributed by atoms with van der Waals surface area (Å²) in [5, 5.41) is 9.23. The number of nitrogens with zero attached hydrogens (tertiary/aromatic N) is 3. The Balaban J connectivity index is 1.84. The highest BCUT2D eigenvalue weighted by molar-refractivity contribution is 5.73. The molecule has 7 heteroatoms. The summed E-state index contributed by atoms with van der Waals surface area (Å²) in [5.41, 5.74) is 12.7. The van der Waals surface area contributed by atoms with Gasteiger partial charge in [0.25, 0.3) is 0 Å². The first-order chi connectivity index (χ1) is 11.2. The van der Waals surface area contributed by atoms with Gasteiger partial charge < -0.3 is 20.9 Å². The Labute approximate surface area is 133 Å².